The summed E-state index contributed by atoms with van der Waals surface area (Å²) in [6.07, 6.45) is 6.86. The highest BCUT2D eigenvalue weighted by Gasteiger charge is 2.37. The molecule has 0 aliphatic heterocycles. The Morgan fingerprint density at radius 3 is 2.81 bits per heavy atom. The van der Waals surface area contributed by atoms with E-state index in [0.29, 0.717) is 6.42 Å². The summed E-state index contributed by atoms with van der Waals surface area (Å²) in [7, 11) is 0. The number of carboxylic acids is 1. The smallest absolute Gasteiger partial charge is 0.309 e. The van der Waals surface area contributed by atoms with Crippen molar-refractivity contribution in [2.75, 3.05) is 0 Å². The van der Waals surface area contributed by atoms with Crippen LogP contribution in [0.5, 0.6) is 0 Å². The molecule has 0 amide bonds. The number of carboxylic acid groups (broad SMARTS) is 1. The Morgan fingerprint density at radius 1 is 1.69 bits per heavy atom. The van der Waals surface area contributed by atoms with Crippen molar-refractivity contribution in [1.29, 1.82) is 0 Å². The van der Waals surface area contributed by atoms with Gasteiger partial charge in [-0.2, -0.15) is 0 Å². The largest absolute Gasteiger partial charge is 0.481 e. The van der Waals surface area contributed by atoms with E-state index in [0.717, 1.165) is 12.8 Å². The Hall–Kier alpha value is -1.05. The van der Waals surface area contributed by atoms with Crippen LogP contribution in [0.4, 0.5) is 0 Å². The van der Waals surface area contributed by atoms with Gasteiger partial charge >= 0.3 is 5.97 Å². The summed E-state index contributed by atoms with van der Waals surface area (Å²) >= 11 is 0. The first-order valence-corrected chi connectivity index (χ1v) is 5.95. The van der Waals surface area contributed by atoms with Crippen molar-refractivity contribution in [2.24, 2.45) is 11.3 Å². The van der Waals surface area contributed by atoms with Crippen molar-refractivity contribution in [3.05, 3.63) is 23.3 Å². The second-order valence-electron chi connectivity index (χ2n) is 5.29. The molecule has 2 atom stereocenters. The van der Waals surface area contributed by atoms with E-state index in [1.165, 1.54) is 11.1 Å². The standard InChI is InChI=1S/C14H22O2/c1-5-10(2)6-12-7-11(3)8-14(4,9-12)13(15)16/h6-7,12H,5,8-9H2,1-4H3,(H,15,16)/b10-6-/t12?,14-/m0/s1. The second-order valence-corrected chi connectivity index (χ2v) is 5.29. The molecule has 2 nitrogen and oxygen atoms in total. The van der Waals surface area contributed by atoms with E-state index in [-0.39, 0.29) is 5.92 Å². The van der Waals surface area contributed by atoms with Gasteiger partial charge in [-0.15, -0.1) is 0 Å². The maximum atomic E-state index is 11.3. The maximum absolute atomic E-state index is 11.3. The minimum Gasteiger partial charge on any atom is -0.481 e. The van der Waals surface area contributed by atoms with Crippen molar-refractivity contribution >= 4 is 5.97 Å². The van der Waals surface area contributed by atoms with Gasteiger partial charge in [-0.3, -0.25) is 4.79 Å². The minimum absolute atomic E-state index is 0.287. The number of carbonyl (C=O) groups is 1. The van der Waals surface area contributed by atoms with E-state index in [1.807, 2.05) is 13.8 Å². The maximum Gasteiger partial charge on any atom is 0.309 e. The quantitative estimate of drug-likeness (QED) is 0.738. The molecule has 1 aliphatic carbocycles. The number of aliphatic carboxylic acids is 1. The Balaban J connectivity index is 2.91. The molecular formula is C14H22O2. The molecule has 0 fully saturated rings. The Labute approximate surface area is 98.1 Å². The molecule has 90 valence electrons. The molecule has 0 aromatic carbocycles. The minimum atomic E-state index is -0.674. The number of rotatable bonds is 3. The van der Waals surface area contributed by atoms with Crippen LogP contribution in [0.1, 0.15) is 47.0 Å². The van der Waals surface area contributed by atoms with Crippen LogP contribution in [0.3, 0.4) is 0 Å². The molecule has 0 heterocycles. The Bertz CT molecular complexity index is 339. The number of allylic oxidation sites excluding steroid dienone is 4. The first-order valence-electron chi connectivity index (χ1n) is 5.95. The van der Waals surface area contributed by atoms with Gasteiger partial charge in [0, 0.05) is 0 Å². The van der Waals surface area contributed by atoms with Gasteiger partial charge in [0.25, 0.3) is 0 Å². The second kappa shape index (κ2) is 4.86. The molecule has 16 heavy (non-hydrogen) atoms. The molecular weight excluding hydrogens is 200 g/mol. The molecule has 1 unspecified atom stereocenters. The summed E-state index contributed by atoms with van der Waals surface area (Å²) in [5.41, 5.74) is 1.94. The summed E-state index contributed by atoms with van der Waals surface area (Å²) in [6, 6.07) is 0. The van der Waals surface area contributed by atoms with Gasteiger partial charge < -0.3 is 5.11 Å². The molecule has 1 N–H and O–H groups in total. The number of hydrogen-bond donors (Lipinski definition) is 1. The lowest BCUT2D eigenvalue weighted by atomic mass is 9.71. The van der Waals surface area contributed by atoms with Crippen molar-refractivity contribution in [3.8, 4) is 0 Å². The highest BCUT2D eigenvalue weighted by molar-refractivity contribution is 5.75. The normalized spacial score (nSPS) is 31.1. The first-order chi connectivity index (χ1) is 7.37. The van der Waals surface area contributed by atoms with Crippen molar-refractivity contribution in [3.63, 3.8) is 0 Å². The molecule has 1 rings (SSSR count). The molecule has 1 aliphatic rings. The Morgan fingerprint density at radius 2 is 2.31 bits per heavy atom. The average Bonchev–Trinajstić information content (AvgIpc) is 2.15. The molecule has 0 spiro atoms. The summed E-state index contributed by atoms with van der Waals surface area (Å²) in [5, 5.41) is 9.28. The Kier molecular flexibility index (Phi) is 3.95. The van der Waals surface area contributed by atoms with Gasteiger partial charge in [0.05, 0.1) is 5.41 Å². The highest BCUT2D eigenvalue weighted by Crippen LogP contribution is 2.39. The summed E-state index contributed by atoms with van der Waals surface area (Å²) < 4.78 is 0. The summed E-state index contributed by atoms with van der Waals surface area (Å²) in [6.45, 7) is 8.12. The third kappa shape index (κ3) is 2.97. The van der Waals surface area contributed by atoms with Crippen molar-refractivity contribution in [2.45, 2.75) is 47.0 Å². The van der Waals surface area contributed by atoms with Crippen LogP contribution in [0, 0.1) is 11.3 Å². The van der Waals surface area contributed by atoms with Crippen LogP contribution in [0.2, 0.25) is 0 Å². The van der Waals surface area contributed by atoms with E-state index in [9.17, 15) is 9.90 Å². The summed E-state index contributed by atoms with van der Waals surface area (Å²) in [4.78, 5) is 11.3. The average molecular weight is 222 g/mol. The van der Waals surface area contributed by atoms with Crippen LogP contribution >= 0.6 is 0 Å². The van der Waals surface area contributed by atoms with Gasteiger partial charge in [-0.1, -0.05) is 30.2 Å². The third-order valence-electron chi connectivity index (χ3n) is 3.43. The zero-order valence-corrected chi connectivity index (χ0v) is 10.7. The van der Waals surface area contributed by atoms with E-state index >= 15 is 0 Å². The predicted molar refractivity (Wildman–Crippen MR) is 66.3 cm³/mol. The highest BCUT2D eigenvalue weighted by atomic mass is 16.4. The van der Waals surface area contributed by atoms with Gasteiger partial charge in [-0.05, 0) is 46.0 Å². The van der Waals surface area contributed by atoms with E-state index in [1.54, 1.807) is 0 Å². The topological polar surface area (TPSA) is 37.3 Å². The van der Waals surface area contributed by atoms with Crippen molar-refractivity contribution < 1.29 is 9.90 Å². The summed E-state index contributed by atoms with van der Waals surface area (Å²) in [5.74, 6) is -0.387. The van der Waals surface area contributed by atoms with Crippen LogP contribution in [-0.4, -0.2) is 11.1 Å². The van der Waals surface area contributed by atoms with Gasteiger partial charge in [0.15, 0.2) is 0 Å². The van der Waals surface area contributed by atoms with Crippen molar-refractivity contribution in [1.82, 2.24) is 0 Å². The third-order valence-corrected chi connectivity index (χ3v) is 3.43. The fraction of sp³-hybridized carbons (Fsp3) is 0.643. The van der Waals surface area contributed by atoms with Crippen LogP contribution in [-0.2, 0) is 4.79 Å². The fourth-order valence-corrected chi connectivity index (χ4v) is 2.44. The zero-order chi connectivity index (χ0) is 12.3. The lowest BCUT2D eigenvalue weighted by Crippen LogP contribution is -2.32. The first kappa shape index (κ1) is 13.0. The van der Waals surface area contributed by atoms with E-state index in [2.05, 4.69) is 26.0 Å². The molecule has 0 radical (unpaired) electrons. The van der Waals surface area contributed by atoms with E-state index < -0.39 is 11.4 Å². The monoisotopic (exact) mass is 222 g/mol. The molecule has 0 aromatic heterocycles. The molecule has 0 saturated heterocycles. The van der Waals surface area contributed by atoms with E-state index in [4.69, 9.17) is 0 Å². The van der Waals surface area contributed by atoms with Crippen LogP contribution in [0.25, 0.3) is 0 Å². The fourth-order valence-electron chi connectivity index (χ4n) is 2.44. The zero-order valence-electron chi connectivity index (χ0n) is 10.7. The molecule has 0 bridgehead atoms. The molecule has 0 aromatic rings. The predicted octanol–water partition coefficient (Wildman–Crippen LogP) is 3.79. The SMILES string of the molecule is CC/C(C)=C\C1C=C(C)C[C@](C)(C(=O)O)C1. The van der Waals surface area contributed by atoms with Gasteiger partial charge in [0.2, 0.25) is 0 Å². The molecule has 2 heteroatoms. The molecule has 0 saturated carbocycles. The van der Waals surface area contributed by atoms with Crippen LogP contribution < -0.4 is 0 Å². The lowest BCUT2D eigenvalue weighted by molar-refractivity contribution is -0.148. The van der Waals surface area contributed by atoms with Crippen LogP contribution in [0.15, 0.2) is 23.3 Å². The number of hydrogen-bond acceptors (Lipinski definition) is 1. The van der Waals surface area contributed by atoms with Gasteiger partial charge in [-0.25, -0.2) is 0 Å². The van der Waals surface area contributed by atoms with Gasteiger partial charge in [0.1, 0.15) is 0 Å². The lowest BCUT2D eigenvalue weighted by Gasteiger charge is -2.32.